The fraction of sp³-hybridized carbons (Fsp3) is 0.414. The zero-order valence-corrected chi connectivity index (χ0v) is 21.3. The van der Waals surface area contributed by atoms with Gasteiger partial charge in [-0.15, -0.1) is 0 Å². The molecule has 36 heavy (non-hydrogen) atoms. The first-order valence-electron chi connectivity index (χ1n) is 13.0. The molecule has 7 nitrogen and oxygen atoms in total. The smallest absolute Gasteiger partial charge is 0.332 e. The Balaban J connectivity index is 1.47. The van der Waals surface area contributed by atoms with Crippen molar-refractivity contribution in [2.45, 2.75) is 58.4 Å². The molecule has 0 bridgehead atoms. The number of amides is 4. The van der Waals surface area contributed by atoms with E-state index in [1.165, 1.54) is 4.90 Å². The molecule has 7 heteroatoms. The summed E-state index contributed by atoms with van der Waals surface area (Å²) < 4.78 is 0. The molecule has 0 radical (unpaired) electrons. The highest BCUT2D eigenvalue weighted by Gasteiger charge is 2.59. The van der Waals surface area contributed by atoms with Gasteiger partial charge in [0.1, 0.15) is 0 Å². The first-order valence-corrected chi connectivity index (χ1v) is 13.0. The van der Waals surface area contributed by atoms with E-state index in [1.54, 1.807) is 29.2 Å². The molecule has 0 spiro atoms. The monoisotopic (exact) mass is 486 g/mol. The van der Waals surface area contributed by atoms with Gasteiger partial charge in [-0.05, 0) is 49.4 Å². The summed E-state index contributed by atoms with van der Waals surface area (Å²) in [5.41, 5.74) is 2.32. The van der Waals surface area contributed by atoms with E-state index in [2.05, 4.69) is 24.1 Å². The standard InChI is InChI=1S/C29H34N4O3/c1-4-6-11-19(5-2)18-30-26(34)22-13-8-10-15-24(22)33-27(35)29(3)25-21(16-17-32(29)28(33)36)20-12-7-9-14-23(20)31-25/h7-10,12-15,19,31H,4-6,11,16-18H2,1-3H3,(H,30,34). The molecule has 5 rings (SSSR count). The summed E-state index contributed by atoms with van der Waals surface area (Å²) in [7, 11) is 0. The molecule has 1 saturated heterocycles. The van der Waals surface area contributed by atoms with Gasteiger partial charge in [0.2, 0.25) is 0 Å². The van der Waals surface area contributed by atoms with Gasteiger partial charge in [-0.25, -0.2) is 9.69 Å². The molecule has 2 N–H and O–H groups in total. The highest BCUT2D eigenvalue weighted by molar-refractivity contribution is 6.25. The van der Waals surface area contributed by atoms with Crippen LogP contribution in [0.4, 0.5) is 10.5 Å². The van der Waals surface area contributed by atoms with Crippen LogP contribution in [0.5, 0.6) is 0 Å². The minimum Gasteiger partial charge on any atom is -0.356 e. The number of nitrogens with zero attached hydrogens (tertiary/aromatic N) is 2. The number of carbonyl (C=O) groups is 3. The van der Waals surface area contributed by atoms with Crippen LogP contribution in [0.25, 0.3) is 10.9 Å². The second kappa shape index (κ2) is 9.45. The van der Waals surface area contributed by atoms with Gasteiger partial charge >= 0.3 is 6.03 Å². The molecule has 188 valence electrons. The average molecular weight is 487 g/mol. The molecule has 1 fully saturated rings. The number of nitrogens with one attached hydrogen (secondary N) is 2. The Morgan fingerprint density at radius 3 is 2.64 bits per heavy atom. The van der Waals surface area contributed by atoms with E-state index < -0.39 is 5.54 Å². The molecule has 3 aromatic rings. The highest BCUT2D eigenvalue weighted by atomic mass is 16.2. The lowest BCUT2D eigenvalue weighted by Gasteiger charge is -2.35. The predicted molar refractivity (Wildman–Crippen MR) is 141 cm³/mol. The third-order valence-corrected chi connectivity index (χ3v) is 7.95. The Morgan fingerprint density at radius 1 is 1.11 bits per heavy atom. The van der Waals surface area contributed by atoms with Gasteiger partial charge in [-0.3, -0.25) is 9.59 Å². The zero-order chi connectivity index (χ0) is 25.4. The zero-order valence-electron chi connectivity index (χ0n) is 21.3. The van der Waals surface area contributed by atoms with Gasteiger partial charge < -0.3 is 15.2 Å². The lowest BCUT2D eigenvalue weighted by Crippen LogP contribution is -2.49. The van der Waals surface area contributed by atoms with Crippen LogP contribution in [-0.2, 0) is 16.8 Å². The van der Waals surface area contributed by atoms with Crippen molar-refractivity contribution in [1.82, 2.24) is 15.2 Å². The molecular weight excluding hydrogens is 452 g/mol. The van der Waals surface area contributed by atoms with Crippen LogP contribution in [-0.4, -0.2) is 40.8 Å². The number of rotatable bonds is 8. The number of carbonyl (C=O) groups excluding carboxylic acids is 3. The summed E-state index contributed by atoms with van der Waals surface area (Å²) in [6, 6.07) is 14.5. The van der Waals surface area contributed by atoms with Crippen LogP contribution in [0.2, 0.25) is 0 Å². The summed E-state index contributed by atoms with van der Waals surface area (Å²) in [6.07, 6.45) is 4.98. The van der Waals surface area contributed by atoms with Crippen LogP contribution in [0.1, 0.15) is 68.1 Å². The van der Waals surface area contributed by atoms with Crippen molar-refractivity contribution >= 4 is 34.4 Å². The van der Waals surface area contributed by atoms with Gasteiger partial charge in [0.05, 0.1) is 16.9 Å². The maximum atomic E-state index is 14.0. The molecular formula is C29H34N4O3. The quantitative estimate of drug-likeness (QED) is 0.421. The topological polar surface area (TPSA) is 85.5 Å². The van der Waals surface area contributed by atoms with Gasteiger partial charge in [0.25, 0.3) is 11.8 Å². The Kier molecular flexibility index (Phi) is 6.33. The largest absolute Gasteiger partial charge is 0.356 e. The highest BCUT2D eigenvalue weighted by Crippen LogP contribution is 2.45. The number of H-pyrrole nitrogens is 1. The van der Waals surface area contributed by atoms with Gasteiger partial charge in [-0.1, -0.05) is 63.4 Å². The fourth-order valence-electron chi connectivity index (χ4n) is 5.74. The molecule has 0 aliphatic carbocycles. The molecule has 2 aliphatic rings. The van der Waals surface area contributed by atoms with Crippen LogP contribution in [0.3, 0.4) is 0 Å². The lowest BCUT2D eigenvalue weighted by molar-refractivity contribution is -0.125. The molecule has 1 aromatic heterocycles. The third-order valence-electron chi connectivity index (χ3n) is 7.95. The molecule has 2 aromatic carbocycles. The molecule has 0 saturated carbocycles. The van der Waals surface area contributed by atoms with Crippen LogP contribution >= 0.6 is 0 Å². The first-order chi connectivity index (χ1) is 17.4. The number of para-hydroxylation sites is 2. The number of imide groups is 1. The number of hydrogen-bond donors (Lipinski definition) is 2. The number of urea groups is 1. The SMILES string of the molecule is CCCCC(CC)CNC(=O)c1ccccc1N1C(=O)N2CCc3c([nH]c4ccccc34)C2(C)C1=O. The van der Waals surface area contributed by atoms with Gasteiger partial charge in [0, 0.05) is 24.0 Å². The predicted octanol–water partition coefficient (Wildman–Crippen LogP) is 5.35. The van der Waals surface area contributed by atoms with E-state index in [0.717, 1.165) is 47.8 Å². The van der Waals surface area contributed by atoms with Crippen molar-refractivity contribution in [3.05, 3.63) is 65.4 Å². The van der Waals surface area contributed by atoms with Crippen molar-refractivity contribution in [2.24, 2.45) is 5.92 Å². The van der Waals surface area contributed by atoms with E-state index in [1.807, 2.05) is 31.2 Å². The van der Waals surface area contributed by atoms with E-state index in [4.69, 9.17) is 0 Å². The Bertz CT molecular complexity index is 1330. The number of anilines is 1. The number of aromatic amines is 1. The van der Waals surface area contributed by atoms with Crippen molar-refractivity contribution in [1.29, 1.82) is 0 Å². The van der Waals surface area contributed by atoms with Gasteiger partial charge in [0.15, 0.2) is 5.54 Å². The van der Waals surface area contributed by atoms with E-state index in [0.29, 0.717) is 36.7 Å². The summed E-state index contributed by atoms with van der Waals surface area (Å²) in [5, 5.41) is 4.13. The summed E-state index contributed by atoms with van der Waals surface area (Å²) in [4.78, 5) is 47.2. The summed E-state index contributed by atoms with van der Waals surface area (Å²) >= 11 is 0. The molecule has 4 amide bonds. The molecule has 2 unspecified atom stereocenters. The minimum absolute atomic E-state index is 0.262. The maximum Gasteiger partial charge on any atom is 0.332 e. The van der Waals surface area contributed by atoms with E-state index >= 15 is 0 Å². The van der Waals surface area contributed by atoms with Crippen LogP contribution < -0.4 is 10.2 Å². The average Bonchev–Trinajstić information content (AvgIpc) is 3.37. The van der Waals surface area contributed by atoms with Crippen molar-refractivity contribution in [2.75, 3.05) is 18.0 Å². The Hall–Kier alpha value is -3.61. The first kappa shape index (κ1) is 24.1. The van der Waals surface area contributed by atoms with Crippen molar-refractivity contribution in [3.63, 3.8) is 0 Å². The normalized spacial score (nSPS) is 20.0. The Labute approximate surface area is 211 Å². The van der Waals surface area contributed by atoms with E-state index in [-0.39, 0.29) is 17.8 Å². The lowest BCUT2D eigenvalue weighted by atomic mass is 9.87. The second-order valence-electron chi connectivity index (χ2n) is 10.1. The van der Waals surface area contributed by atoms with Crippen molar-refractivity contribution < 1.29 is 14.4 Å². The molecule has 2 atom stereocenters. The number of aromatic nitrogens is 1. The van der Waals surface area contributed by atoms with Crippen LogP contribution in [0, 0.1) is 5.92 Å². The summed E-state index contributed by atoms with van der Waals surface area (Å²) in [5.74, 6) is -0.193. The van der Waals surface area contributed by atoms with Crippen LogP contribution in [0.15, 0.2) is 48.5 Å². The third kappa shape index (κ3) is 3.69. The molecule has 2 aliphatic heterocycles. The fourth-order valence-corrected chi connectivity index (χ4v) is 5.74. The number of hydrogen-bond acceptors (Lipinski definition) is 3. The Morgan fingerprint density at radius 2 is 1.86 bits per heavy atom. The van der Waals surface area contributed by atoms with Gasteiger partial charge in [-0.2, -0.15) is 0 Å². The number of unbranched alkanes of at least 4 members (excludes halogenated alkanes) is 1. The maximum absolute atomic E-state index is 14.0. The van der Waals surface area contributed by atoms with E-state index in [9.17, 15) is 14.4 Å². The summed E-state index contributed by atoms with van der Waals surface area (Å²) in [6.45, 7) is 7.13. The second-order valence-corrected chi connectivity index (χ2v) is 10.1. The number of fused-ring (bicyclic) bond motifs is 5. The minimum atomic E-state index is -1.15. The van der Waals surface area contributed by atoms with Crippen molar-refractivity contribution in [3.8, 4) is 0 Å². The number of benzene rings is 2. The molecule has 3 heterocycles.